The van der Waals surface area contributed by atoms with Gasteiger partial charge in [0.05, 0.1) is 0 Å². The van der Waals surface area contributed by atoms with Crippen LogP contribution in [0.5, 0.6) is 0 Å². The van der Waals surface area contributed by atoms with Crippen molar-refractivity contribution in [2.24, 2.45) is 11.7 Å². The van der Waals surface area contributed by atoms with Crippen LogP contribution in [-0.4, -0.2) is 18.1 Å². The molecule has 2 atom stereocenters. The summed E-state index contributed by atoms with van der Waals surface area (Å²) in [5, 5.41) is 2.46. The first kappa shape index (κ1) is 14.3. The zero-order valence-electron chi connectivity index (χ0n) is 13.0. The quantitative estimate of drug-likeness (QED) is 0.933. The fourth-order valence-electron chi connectivity index (χ4n) is 3.71. The van der Waals surface area contributed by atoms with Crippen LogP contribution in [0.25, 0.3) is 10.8 Å². The van der Waals surface area contributed by atoms with Gasteiger partial charge >= 0.3 is 0 Å². The van der Waals surface area contributed by atoms with Crippen LogP contribution in [0.1, 0.15) is 38.2 Å². The van der Waals surface area contributed by atoms with E-state index >= 15 is 0 Å². The maximum atomic E-state index is 5.85. The van der Waals surface area contributed by atoms with Crippen molar-refractivity contribution in [1.29, 1.82) is 0 Å². The third-order valence-electron chi connectivity index (χ3n) is 4.97. The van der Waals surface area contributed by atoms with E-state index in [0.29, 0.717) is 12.6 Å². The molecular weight excluding hydrogens is 258 g/mol. The summed E-state index contributed by atoms with van der Waals surface area (Å²) in [6.07, 6.45) is 7.24. The zero-order valence-corrected chi connectivity index (χ0v) is 13.0. The van der Waals surface area contributed by atoms with E-state index in [0.717, 1.165) is 17.3 Å². The predicted octanol–water partition coefficient (Wildman–Crippen LogP) is 3.71. The molecule has 1 heterocycles. The Hall–Kier alpha value is -1.61. The second kappa shape index (κ2) is 6.02. The minimum absolute atomic E-state index is 0.539. The number of anilines is 1. The second-order valence-electron chi connectivity index (χ2n) is 6.30. The zero-order chi connectivity index (χ0) is 14.8. The number of benzene rings is 1. The van der Waals surface area contributed by atoms with E-state index in [1.54, 1.807) is 0 Å². The average Bonchev–Trinajstić information content (AvgIpc) is 2.53. The van der Waals surface area contributed by atoms with Gasteiger partial charge in [-0.3, -0.25) is 0 Å². The Balaban J connectivity index is 2.04. The highest BCUT2D eigenvalue weighted by Crippen LogP contribution is 2.33. The second-order valence-corrected chi connectivity index (χ2v) is 6.30. The van der Waals surface area contributed by atoms with Crippen molar-refractivity contribution < 1.29 is 0 Å². The molecule has 0 aliphatic heterocycles. The largest absolute Gasteiger partial charge is 0.356 e. The van der Waals surface area contributed by atoms with E-state index in [4.69, 9.17) is 10.7 Å². The van der Waals surface area contributed by atoms with Gasteiger partial charge in [0.2, 0.25) is 0 Å². The van der Waals surface area contributed by atoms with Crippen molar-refractivity contribution >= 4 is 16.6 Å². The third kappa shape index (κ3) is 2.62. The van der Waals surface area contributed by atoms with Crippen LogP contribution in [-0.2, 0) is 6.54 Å². The van der Waals surface area contributed by atoms with Crippen molar-refractivity contribution in [2.75, 3.05) is 11.9 Å². The predicted molar refractivity (Wildman–Crippen MR) is 89.5 cm³/mol. The maximum absolute atomic E-state index is 5.85. The summed E-state index contributed by atoms with van der Waals surface area (Å²) in [7, 11) is 2.20. The van der Waals surface area contributed by atoms with E-state index in [9.17, 15) is 0 Å². The monoisotopic (exact) mass is 283 g/mol. The standard InChI is InChI=1S/C18H25N3/c1-13-7-3-6-10-17(13)21(2)18-16-9-5-4-8-15(16)14(11-19)12-20-18/h4-5,8-9,12-13,17H,3,6-7,10-11,19H2,1-2H3. The summed E-state index contributed by atoms with van der Waals surface area (Å²) in [5.74, 6) is 1.83. The summed E-state index contributed by atoms with van der Waals surface area (Å²) in [6.45, 7) is 2.91. The third-order valence-corrected chi connectivity index (χ3v) is 4.97. The number of pyridine rings is 1. The molecule has 1 aliphatic carbocycles. The van der Waals surface area contributed by atoms with Crippen molar-refractivity contribution in [3.05, 3.63) is 36.0 Å². The van der Waals surface area contributed by atoms with Gasteiger partial charge in [0, 0.05) is 31.2 Å². The average molecular weight is 283 g/mol. The summed E-state index contributed by atoms with van der Waals surface area (Å²) in [6, 6.07) is 9.08. The molecule has 0 saturated heterocycles. The Morgan fingerprint density at radius 3 is 2.62 bits per heavy atom. The summed E-state index contributed by atoms with van der Waals surface area (Å²) >= 11 is 0. The van der Waals surface area contributed by atoms with Gasteiger partial charge in [0.1, 0.15) is 5.82 Å². The Morgan fingerprint density at radius 2 is 1.90 bits per heavy atom. The molecule has 1 aromatic heterocycles. The molecular formula is C18H25N3. The number of hydrogen-bond donors (Lipinski definition) is 1. The number of aromatic nitrogens is 1. The van der Waals surface area contributed by atoms with Gasteiger partial charge in [0.15, 0.2) is 0 Å². The summed E-state index contributed by atoms with van der Waals surface area (Å²) in [5.41, 5.74) is 6.98. The van der Waals surface area contributed by atoms with E-state index in [-0.39, 0.29) is 0 Å². The van der Waals surface area contributed by atoms with Gasteiger partial charge in [-0.25, -0.2) is 4.98 Å². The van der Waals surface area contributed by atoms with E-state index in [2.05, 4.69) is 43.1 Å². The van der Waals surface area contributed by atoms with Crippen LogP contribution in [0.4, 0.5) is 5.82 Å². The fourth-order valence-corrected chi connectivity index (χ4v) is 3.71. The highest BCUT2D eigenvalue weighted by Gasteiger charge is 2.26. The maximum Gasteiger partial charge on any atom is 0.136 e. The topological polar surface area (TPSA) is 42.2 Å². The van der Waals surface area contributed by atoms with Gasteiger partial charge in [0.25, 0.3) is 0 Å². The Kier molecular flexibility index (Phi) is 4.11. The number of rotatable bonds is 3. The highest BCUT2D eigenvalue weighted by molar-refractivity contribution is 5.94. The number of hydrogen-bond acceptors (Lipinski definition) is 3. The SMILES string of the molecule is CC1CCCCC1N(C)c1ncc(CN)c2ccccc12. The first-order valence-corrected chi connectivity index (χ1v) is 8.02. The van der Waals surface area contributed by atoms with Gasteiger partial charge in [-0.2, -0.15) is 0 Å². The molecule has 0 radical (unpaired) electrons. The van der Waals surface area contributed by atoms with Gasteiger partial charge < -0.3 is 10.6 Å². The van der Waals surface area contributed by atoms with Crippen LogP contribution in [0.15, 0.2) is 30.5 Å². The van der Waals surface area contributed by atoms with E-state index in [1.165, 1.54) is 36.5 Å². The van der Waals surface area contributed by atoms with Crippen LogP contribution in [0, 0.1) is 5.92 Å². The van der Waals surface area contributed by atoms with Crippen LogP contribution in [0.3, 0.4) is 0 Å². The molecule has 112 valence electrons. The molecule has 21 heavy (non-hydrogen) atoms. The minimum Gasteiger partial charge on any atom is -0.356 e. The lowest BCUT2D eigenvalue weighted by Gasteiger charge is -2.37. The molecule has 3 nitrogen and oxygen atoms in total. The molecule has 2 unspecified atom stereocenters. The first-order chi connectivity index (χ1) is 10.2. The molecule has 2 aromatic rings. The van der Waals surface area contributed by atoms with Crippen LogP contribution < -0.4 is 10.6 Å². The molecule has 2 N–H and O–H groups in total. The first-order valence-electron chi connectivity index (χ1n) is 8.02. The Bertz CT molecular complexity index is 623. The molecule has 1 aliphatic rings. The van der Waals surface area contributed by atoms with Crippen molar-refractivity contribution in [3.63, 3.8) is 0 Å². The molecule has 3 heteroatoms. The number of nitrogens with zero attached hydrogens (tertiary/aromatic N) is 2. The lowest BCUT2D eigenvalue weighted by Crippen LogP contribution is -2.39. The Morgan fingerprint density at radius 1 is 1.19 bits per heavy atom. The van der Waals surface area contributed by atoms with Gasteiger partial charge in [-0.1, -0.05) is 44.0 Å². The molecule has 1 saturated carbocycles. The fraction of sp³-hybridized carbons (Fsp3) is 0.500. The summed E-state index contributed by atoms with van der Waals surface area (Å²) in [4.78, 5) is 7.13. The number of nitrogens with two attached hydrogens (primary N) is 1. The normalized spacial score (nSPS) is 22.4. The molecule has 1 aromatic carbocycles. The highest BCUT2D eigenvalue weighted by atomic mass is 15.2. The van der Waals surface area contributed by atoms with Gasteiger partial charge in [-0.05, 0) is 29.7 Å². The van der Waals surface area contributed by atoms with Gasteiger partial charge in [-0.15, -0.1) is 0 Å². The minimum atomic E-state index is 0.539. The lowest BCUT2D eigenvalue weighted by molar-refractivity contribution is 0.321. The van der Waals surface area contributed by atoms with Crippen LogP contribution in [0.2, 0.25) is 0 Å². The molecule has 3 rings (SSSR count). The molecule has 0 amide bonds. The van der Waals surface area contributed by atoms with Crippen molar-refractivity contribution in [3.8, 4) is 0 Å². The van der Waals surface area contributed by atoms with Crippen LogP contribution >= 0.6 is 0 Å². The van der Waals surface area contributed by atoms with E-state index in [1.807, 2.05) is 6.20 Å². The molecule has 1 fully saturated rings. The molecule has 0 spiro atoms. The molecule has 0 bridgehead atoms. The lowest BCUT2D eigenvalue weighted by atomic mass is 9.85. The number of fused-ring (bicyclic) bond motifs is 1. The Labute approximate surface area is 127 Å². The summed E-state index contributed by atoms with van der Waals surface area (Å²) < 4.78 is 0. The smallest absolute Gasteiger partial charge is 0.136 e. The van der Waals surface area contributed by atoms with Crippen molar-refractivity contribution in [1.82, 2.24) is 4.98 Å². The van der Waals surface area contributed by atoms with E-state index < -0.39 is 0 Å². The van der Waals surface area contributed by atoms with Crippen molar-refractivity contribution in [2.45, 2.75) is 45.2 Å².